The molecule has 0 saturated carbocycles. The number of aromatic hydroxyl groups is 1. The maximum absolute atomic E-state index is 13.3. The average Bonchev–Trinajstić information content (AvgIpc) is 2.90. The summed E-state index contributed by atoms with van der Waals surface area (Å²) in [4.78, 5) is 29.9. The first-order valence-electron chi connectivity index (χ1n) is 11.5. The Kier molecular flexibility index (Phi) is 11.2. The summed E-state index contributed by atoms with van der Waals surface area (Å²) in [6.45, 7) is 0. The molecule has 0 aliphatic heterocycles. The maximum Gasteiger partial charge on any atom is 0.351 e. The first-order valence-corrected chi connectivity index (χ1v) is 11.5. The standard InChI is InChI=1S/C30H24N2O4.Eu.2H2O/c1-31(2)24-17-18-25-26(19-24)36-30(35)27(29(25)34)28(33)20-13-15-23(16-14-20)32(21-9-5-3-6-10-21)22-11-7-4-8-12-22;;;/h3-19,34H,1-2H3;;2*1H2. The van der Waals surface area contributed by atoms with Crippen molar-refractivity contribution >= 4 is 39.5 Å². The molecule has 0 saturated heterocycles. The van der Waals surface area contributed by atoms with Crippen LogP contribution < -0.4 is 15.4 Å². The van der Waals surface area contributed by atoms with Crippen molar-refractivity contribution in [3.05, 3.63) is 125 Å². The molecule has 0 fully saturated rings. The van der Waals surface area contributed by atoms with E-state index >= 15 is 0 Å². The smallest absolute Gasteiger partial charge is 0.351 e. The van der Waals surface area contributed by atoms with Gasteiger partial charge in [-0.05, 0) is 60.7 Å². The SMILES string of the molecule is CN(C)c1ccc2c(O)c(C(=O)c3ccc(N(c4ccccc4)c4ccccc4)cc3)c(=O)oc2c1.O.O.[Eu]. The van der Waals surface area contributed by atoms with Crippen LogP contribution in [0.2, 0.25) is 0 Å². The predicted molar refractivity (Wildman–Crippen MR) is 150 cm³/mol. The van der Waals surface area contributed by atoms with E-state index in [-0.39, 0.29) is 82.8 Å². The summed E-state index contributed by atoms with van der Waals surface area (Å²) in [7, 11) is 3.72. The van der Waals surface area contributed by atoms with Crippen molar-refractivity contribution in [2.75, 3.05) is 23.9 Å². The predicted octanol–water partition coefficient (Wildman–Crippen LogP) is 4.62. The molecule has 0 atom stereocenters. The molecule has 9 heteroatoms. The van der Waals surface area contributed by atoms with E-state index < -0.39 is 11.4 Å². The van der Waals surface area contributed by atoms with Gasteiger partial charge in [-0.15, -0.1) is 0 Å². The number of anilines is 4. The van der Waals surface area contributed by atoms with Crippen molar-refractivity contribution in [2.24, 2.45) is 0 Å². The molecule has 0 amide bonds. The molecule has 0 aliphatic carbocycles. The van der Waals surface area contributed by atoms with Gasteiger partial charge in [0.15, 0.2) is 5.56 Å². The fraction of sp³-hybridized carbons (Fsp3) is 0.0667. The minimum absolute atomic E-state index is 0. The van der Waals surface area contributed by atoms with Gasteiger partial charge in [-0.3, -0.25) is 4.79 Å². The van der Waals surface area contributed by atoms with Gasteiger partial charge in [-0.2, -0.15) is 0 Å². The number of carbonyl (C=O) groups excluding carboxylic acids is 1. The normalized spacial score (nSPS) is 10.0. The number of hydrogen-bond donors (Lipinski definition) is 1. The van der Waals surface area contributed by atoms with Crippen LogP contribution in [0.25, 0.3) is 11.0 Å². The van der Waals surface area contributed by atoms with Gasteiger partial charge in [-0.1, -0.05) is 36.4 Å². The molecule has 5 rings (SSSR count). The van der Waals surface area contributed by atoms with Gasteiger partial charge < -0.3 is 30.3 Å². The third-order valence-electron chi connectivity index (χ3n) is 6.02. The second kappa shape index (κ2) is 13.6. The Morgan fingerprint density at radius 3 is 1.72 bits per heavy atom. The first-order chi connectivity index (χ1) is 17.4. The summed E-state index contributed by atoms with van der Waals surface area (Å²) >= 11 is 0. The third-order valence-corrected chi connectivity index (χ3v) is 6.02. The molecule has 5 N–H and O–H groups in total. The molecule has 5 aromatic rings. The Labute approximate surface area is 266 Å². The number of rotatable bonds is 6. The molecule has 0 unspecified atom stereocenters. The van der Waals surface area contributed by atoms with Crippen molar-refractivity contribution in [3.8, 4) is 5.75 Å². The molecule has 201 valence electrons. The van der Waals surface area contributed by atoms with E-state index in [1.54, 1.807) is 30.3 Å². The van der Waals surface area contributed by atoms with Crippen LogP contribution in [0.15, 0.2) is 112 Å². The van der Waals surface area contributed by atoms with Crippen LogP contribution in [0.1, 0.15) is 15.9 Å². The quantitative estimate of drug-likeness (QED) is 0.208. The summed E-state index contributed by atoms with van der Waals surface area (Å²) in [6.07, 6.45) is 0. The van der Waals surface area contributed by atoms with Crippen LogP contribution >= 0.6 is 0 Å². The van der Waals surface area contributed by atoms with Crippen molar-refractivity contribution in [3.63, 3.8) is 0 Å². The summed E-state index contributed by atoms with van der Waals surface area (Å²) in [5, 5.41) is 11.1. The molecule has 0 spiro atoms. The second-order valence-electron chi connectivity index (χ2n) is 8.57. The maximum atomic E-state index is 13.3. The molecule has 1 aromatic heterocycles. The molecular formula is C30H28EuN2O6. The summed E-state index contributed by atoms with van der Waals surface area (Å²) in [5.74, 6) is -0.979. The molecule has 1 heterocycles. The molecule has 8 nitrogen and oxygen atoms in total. The topological polar surface area (TPSA) is 137 Å². The van der Waals surface area contributed by atoms with Gasteiger partial charge in [0.1, 0.15) is 11.3 Å². The molecule has 4 aromatic carbocycles. The molecule has 0 aliphatic rings. The minimum atomic E-state index is -0.875. The van der Waals surface area contributed by atoms with Gasteiger partial charge >= 0.3 is 5.63 Å². The zero-order valence-electron chi connectivity index (χ0n) is 21.3. The van der Waals surface area contributed by atoms with Gasteiger partial charge in [0.2, 0.25) is 5.78 Å². The first kappa shape index (κ1) is 31.9. The summed E-state index contributed by atoms with van der Waals surface area (Å²) < 4.78 is 5.41. The second-order valence-corrected chi connectivity index (χ2v) is 8.57. The number of fused-ring (bicyclic) bond motifs is 1. The molecule has 39 heavy (non-hydrogen) atoms. The van der Waals surface area contributed by atoms with Crippen LogP contribution in [0.4, 0.5) is 22.7 Å². The van der Waals surface area contributed by atoms with E-state index in [1.165, 1.54) is 0 Å². The molecule has 0 bridgehead atoms. The third kappa shape index (κ3) is 6.46. The van der Waals surface area contributed by atoms with E-state index in [0.29, 0.717) is 5.39 Å². The van der Waals surface area contributed by atoms with Crippen LogP contribution in [-0.2, 0) is 0 Å². The Bertz CT molecular complexity index is 1570. The monoisotopic (exact) mass is 665 g/mol. The number of hydrogen-bond acceptors (Lipinski definition) is 6. The van der Waals surface area contributed by atoms with E-state index in [4.69, 9.17) is 4.42 Å². The van der Waals surface area contributed by atoms with Gasteiger partial charge in [0, 0.05) is 97.9 Å². The fourth-order valence-electron chi connectivity index (χ4n) is 4.16. The minimum Gasteiger partial charge on any atom is -0.506 e. The van der Waals surface area contributed by atoms with E-state index in [2.05, 4.69) is 4.90 Å². The van der Waals surface area contributed by atoms with E-state index in [9.17, 15) is 14.7 Å². The molecule has 1 radical (unpaired) electrons. The van der Waals surface area contributed by atoms with Gasteiger partial charge in [0.05, 0.1) is 5.39 Å². The van der Waals surface area contributed by atoms with Crippen LogP contribution in [0.5, 0.6) is 5.75 Å². The zero-order chi connectivity index (χ0) is 25.2. The van der Waals surface area contributed by atoms with Crippen LogP contribution in [0.3, 0.4) is 0 Å². The Hall–Kier alpha value is -3.34. The van der Waals surface area contributed by atoms with Gasteiger partial charge in [0.25, 0.3) is 0 Å². The fourth-order valence-corrected chi connectivity index (χ4v) is 4.16. The number of para-hydroxylation sites is 2. The van der Waals surface area contributed by atoms with E-state index in [1.807, 2.05) is 91.8 Å². The average molecular weight is 665 g/mol. The number of nitrogens with zero attached hydrogens (tertiary/aromatic N) is 2. The van der Waals surface area contributed by atoms with Gasteiger partial charge in [-0.25, -0.2) is 4.79 Å². The Morgan fingerprint density at radius 2 is 1.21 bits per heavy atom. The van der Waals surface area contributed by atoms with Crippen LogP contribution in [-0.4, -0.2) is 35.9 Å². The van der Waals surface area contributed by atoms with E-state index in [0.717, 1.165) is 22.7 Å². The zero-order valence-corrected chi connectivity index (χ0v) is 23.7. The number of carbonyl (C=O) groups is 1. The van der Waals surface area contributed by atoms with Crippen molar-refractivity contribution in [1.82, 2.24) is 0 Å². The van der Waals surface area contributed by atoms with Crippen molar-refractivity contribution in [2.45, 2.75) is 0 Å². The summed E-state index contributed by atoms with van der Waals surface area (Å²) in [5.41, 5.74) is 2.82. The Balaban J connectivity index is 0.00000178. The number of ketones is 1. The Morgan fingerprint density at radius 1 is 0.718 bits per heavy atom. The van der Waals surface area contributed by atoms with Crippen LogP contribution in [0, 0.1) is 49.4 Å². The van der Waals surface area contributed by atoms with Crippen molar-refractivity contribution in [1.29, 1.82) is 0 Å². The molecular weight excluding hydrogens is 636 g/mol. The number of benzene rings is 4. The largest absolute Gasteiger partial charge is 0.506 e. The summed E-state index contributed by atoms with van der Waals surface area (Å²) in [6, 6.07) is 31.8. The van der Waals surface area contributed by atoms with Crippen molar-refractivity contribution < 1.29 is 74.6 Å².